The molecule has 0 aliphatic rings. The van der Waals surface area contributed by atoms with Crippen molar-refractivity contribution >= 4 is 5.97 Å². The van der Waals surface area contributed by atoms with Crippen LogP contribution in [0.4, 0.5) is 0 Å². The van der Waals surface area contributed by atoms with Gasteiger partial charge in [0.15, 0.2) is 6.29 Å². The molecule has 0 unspecified atom stereocenters. The Hall–Kier alpha value is -1.13. The highest BCUT2D eigenvalue weighted by Gasteiger charge is 1.99. The van der Waals surface area contributed by atoms with Gasteiger partial charge in [-0.25, -0.2) is 4.79 Å². The third kappa shape index (κ3) is 5.32. The van der Waals surface area contributed by atoms with E-state index in [9.17, 15) is 4.79 Å². The van der Waals surface area contributed by atoms with Gasteiger partial charge in [0, 0.05) is 11.6 Å². The van der Waals surface area contributed by atoms with Crippen molar-refractivity contribution in [3.63, 3.8) is 0 Å². The maximum Gasteiger partial charge on any atom is 0.337 e. The SMILES string of the molecule is C=C(C)C(=O)O/C=C/C(O)O. The molecule has 0 amide bonds. The number of esters is 1. The number of hydrogen-bond acceptors (Lipinski definition) is 4. The first kappa shape index (κ1) is 9.87. The predicted molar refractivity (Wildman–Crippen MR) is 38.3 cm³/mol. The Labute approximate surface area is 64.4 Å². The van der Waals surface area contributed by atoms with Crippen molar-refractivity contribution in [2.75, 3.05) is 0 Å². The molecule has 0 saturated carbocycles. The zero-order chi connectivity index (χ0) is 8.85. The first-order valence-corrected chi connectivity index (χ1v) is 2.93. The zero-order valence-corrected chi connectivity index (χ0v) is 6.15. The summed E-state index contributed by atoms with van der Waals surface area (Å²) in [5, 5.41) is 16.5. The summed E-state index contributed by atoms with van der Waals surface area (Å²) in [5.74, 6) is -0.595. The minimum atomic E-state index is -1.60. The number of aliphatic hydroxyl groups is 2. The van der Waals surface area contributed by atoms with Gasteiger partial charge in [-0.1, -0.05) is 6.58 Å². The molecular weight excluding hydrogens is 148 g/mol. The molecule has 4 heteroatoms. The standard InChI is InChI=1S/C7H10O4/c1-5(2)7(10)11-4-3-6(8)9/h3-4,6,8-9H,1H2,2H3/b4-3+. The largest absolute Gasteiger partial charge is 0.431 e. The number of carbonyl (C=O) groups excluding carboxylic acids is 1. The van der Waals surface area contributed by atoms with Crippen LogP contribution in [0.2, 0.25) is 0 Å². The van der Waals surface area contributed by atoms with Gasteiger partial charge in [-0.15, -0.1) is 0 Å². The molecule has 0 aliphatic heterocycles. The van der Waals surface area contributed by atoms with Crippen LogP contribution in [0.15, 0.2) is 24.5 Å². The zero-order valence-electron chi connectivity index (χ0n) is 6.15. The highest BCUT2D eigenvalue weighted by molar-refractivity contribution is 5.87. The molecule has 2 N–H and O–H groups in total. The van der Waals surface area contributed by atoms with Gasteiger partial charge in [0.2, 0.25) is 0 Å². The van der Waals surface area contributed by atoms with Gasteiger partial charge in [-0.05, 0) is 6.92 Å². The molecule has 0 spiro atoms. The van der Waals surface area contributed by atoms with Crippen molar-refractivity contribution in [3.05, 3.63) is 24.5 Å². The summed E-state index contributed by atoms with van der Waals surface area (Å²) in [6, 6.07) is 0. The van der Waals surface area contributed by atoms with E-state index in [1.54, 1.807) is 0 Å². The van der Waals surface area contributed by atoms with Crippen LogP contribution in [0.25, 0.3) is 0 Å². The van der Waals surface area contributed by atoms with E-state index in [0.717, 1.165) is 12.3 Å². The van der Waals surface area contributed by atoms with Crippen molar-refractivity contribution < 1.29 is 19.7 Å². The van der Waals surface area contributed by atoms with E-state index in [-0.39, 0.29) is 5.57 Å². The molecule has 0 rings (SSSR count). The van der Waals surface area contributed by atoms with Crippen LogP contribution in [0.3, 0.4) is 0 Å². The first-order valence-electron chi connectivity index (χ1n) is 2.93. The smallest absolute Gasteiger partial charge is 0.337 e. The Bertz CT molecular complexity index is 181. The number of hydrogen-bond donors (Lipinski definition) is 2. The summed E-state index contributed by atoms with van der Waals surface area (Å²) in [6.07, 6.45) is 0.218. The van der Waals surface area contributed by atoms with Crippen LogP contribution in [0, 0.1) is 0 Å². The fraction of sp³-hybridized carbons (Fsp3) is 0.286. The number of ether oxygens (including phenoxy) is 1. The number of rotatable bonds is 3. The van der Waals surface area contributed by atoms with Gasteiger partial charge in [-0.3, -0.25) is 0 Å². The quantitative estimate of drug-likeness (QED) is 0.261. The molecule has 0 saturated heterocycles. The molecule has 11 heavy (non-hydrogen) atoms. The van der Waals surface area contributed by atoms with Crippen LogP contribution in [0.1, 0.15) is 6.92 Å². The molecule has 0 aromatic heterocycles. The van der Waals surface area contributed by atoms with Crippen LogP contribution < -0.4 is 0 Å². The number of aliphatic hydroxyl groups excluding tert-OH is 1. The second-order valence-corrected chi connectivity index (χ2v) is 1.93. The Balaban J connectivity index is 3.71. The van der Waals surface area contributed by atoms with Crippen molar-refractivity contribution in [1.29, 1.82) is 0 Å². The minimum Gasteiger partial charge on any atom is -0.431 e. The van der Waals surface area contributed by atoms with E-state index in [4.69, 9.17) is 10.2 Å². The second-order valence-electron chi connectivity index (χ2n) is 1.93. The van der Waals surface area contributed by atoms with Crippen LogP contribution in [-0.4, -0.2) is 22.5 Å². The Morgan fingerprint density at radius 3 is 2.55 bits per heavy atom. The fourth-order valence-corrected chi connectivity index (χ4v) is 0.272. The maximum atomic E-state index is 10.6. The topological polar surface area (TPSA) is 66.8 Å². The van der Waals surface area contributed by atoms with E-state index in [0.29, 0.717) is 0 Å². The minimum absolute atomic E-state index is 0.252. The van der Waals surface area contributed by atoms with E-state index in [1.807, 2.05) is 0 Å². The van der Waals surface area contributed by atoms with Gasteiger partial charge in [0.05, 0.1) is 6.26 Å². The van der Waals surface area contributed by atoms with Crippen molar-refractivity contribution in [2.45, 2.75) is 13.2 Å². The lowest BCUT2D eigenvalue weighted by molar-refractivity contribution is -0.133. The monoisotopic (exact) mass is 158 g/mol. The third-order valence-corrected chi connectivity index (χ3v) is 0.774. The molecular formula is C7H10O4. The highest BCUT2D eigenvalue weighted by Crippen LogP contribution is 1.92. The lowest BCUT2D eigenvalue weighted by atomic mass is 10.4. The third-order valence-electron chi connectivity index (χ3n) is 0.774. The van der Waals surface area contributed by atoms with Gasteiger partial charge >= 0.3 is 5.97 Å². The van der Waals surface area contributed by atoms with Crippen LogP contribution >= 0.6 is 0 Å². The Kier molecular flexibility index (Phi) is 4.17. The maximum absolute atomic E-state index is 10.6. The summed E-state index contributed by atoms with van der Waals surface area (Å²) >= 11 is 0. The van der Waals surface area contributed by atoms with E-state index in [1.165, 1.54) is 6.92 Å². The van der Waals surface area contributed by atoms with Crippen molar-refractivity contribution in [1.82, 2.24) is 0 Å². The van der Waals surface area contributed by atoms with Crippen molar-refractivity contribution in [3.8, 4) is 0 Å². The Morgan fingerprint density at radius 2 is 2.18 bits per heavy atom. The van der Waals surface area contributed by atoms with Crippen LogP contribution in [-0.2, 0) is 9.53 Å². The predicted octanol–water partition coefficient (Wildman–Crippen LogP) is -0.0699. The molecule has 0 bridgehead atoms. The van der Waals surface area contributed by atoms with Gasteiger partial charge in [0.25, 0.3) is 0 Å². The lowest BCUT2D eigenvalue weighted by Gasteiger charge is -1.96. The average molecular weight is 158 g/mol. The fourth-order valence-electron chi connectivity index (χ4n) is 0.272. The summed E-state index contributed by atoms with van der Waals surface area (Å²) in [4.78, 5) is 10.6. The van der Waals surface area contributed by atoms with Gasteiger partial charge in [0.1, 0.15) is 0 Å². The summed E-state index contributed by atoms with van der Waals surface area (Å²) < 4.78 is 4.38. The lowest BCUT2D eigenvalue weighted by Crippen LogP contribution is -2.02. The second kappa shape index (κ2) is 4.65. The molecule has 0 fully saturated rings. The summed E-state index contributed by atoms with van der Waals surface area (Å²) in [5.41, 5.74) is 0.252. The first-order chi connectivity index (χ1) is 5.04. The summed E-state index contributed by atoms with van der Waals surface area (Å²) in [7, 11) is 0. The molecule has 0 aliphatic carbocycles. The molecule has 62 valence electrons. The normalized spacial score (nSPS) is 10.5. The van der Waals surface area contributed by atoms with E-state index >= 15 is 0 Å². The van der Waals surface area contributed by atoms with Crippen LogP contribution in [0.5, 0.6) is 0 Å². The molecule has 4 nitrogen and oxygen atoms in total. The molecule has 0 aromatic carbocycles. The average Bonchev–Trinajstić information content (AvgIpc) is 1.86. The van der Waals surface area contributed by atoms with Gasteiger partial charge in [-0.2, -0.15) is 0 Å². The molecule has 0 radical (unpaired) electrons. The summed E-state index contributed by atoms with van der Waals surface area (Å²) in [6.45, 7) is 4.81. The molecule has 0 heterocycles. The molecule has 0 atom stereocenters. The van der Waals surface area contributed by atoms with E-state index in [2.05, 4.69) is 11.3 Å². The number of carbonyl (C=O) groups is 1. The molecule has 0 aromatic rings. The van der Waals surface area contributed by atoms with Crippen molar-refractivity contribution in [2.24, 2.45) is 0 Å². The Morgan fingerprint density at radius 1 is 1.64 bits per heavy atom. The van der Waals surface area contributed by atoms with Gasteiger partial charge < -0.3 is 14.9 Å². The highest BCUT2D eigenvalue weighted by atomic mass is 16.5. The van der Waals surface area contributed by atoms with E-state index < -0.39 is 12.3 Å².